The summed E-state index contributed by atoms with van der Waals surface area (Å²) in [5.74, 6) is 3.01. The zero-order chi connectivity index (χ0) is 12.7. The van der Waals surface area contributed by atoms with Crippen LogP contribution in [-0.2, 0) is 6.42 Å². The topological polar surface area (TPSA) is 9.23 Å². The highest BCUT2D eigenvalue weighted by atomic mass is 35.5. The highest BCUT2D eigenvalue weighted by Gasteiger charge is 2.12. The first-order valence-electron chi connectivity index (χ1n) is 6.38. The average molecular weight is 255 g/mol. The van der Waals surface area contributed by atoms with Gasteiger partial charge >= 0.3 is 0 Å². The molecule has 2 atom stereocenters. The van der Waals surface area contributed by atoms with Gasteiger partial charge in [0.25, 0.3) is 0 Å². The van der Waals surface area contributed by atoms with Crippen molar-refractivity contribution in [1.29, 1.82) is 0 Å². The zero-order valence-corrected chi connectivity index (χ0v) is 11.8. The molecular weight excluding hydrogens is 232 g/mol. The maximum Gasteiger partial charge on any atom is 0.118 e. The summed E-state index contributed by atoms with van der Waals surface area (Å²) in [7, 11) is 1.69. The van der Waals surface area contributed by atoms with E-state index in [9.17, 15) is 0 Å². The van der Waals surface area contributed by atoms with E-state index in [0.717, 1.165) is 24.0 Å². The van der Waals surface area contributed by atoms with Gasteiger partial charge in [-0.05, 0) is 42.4 Å². The van der Waals surface area contributed by atoms with Crippen LogP contribution >= 0.6 is 11.6 Å². The van der Waals surface area contributed by atoms with Gasteiger partial charge in [0.15, 0.2) is 0 Å². The van der Waals surface area contributed by atoms with Gasteiger partial charge in [0.05, 0.1) is 7.11 Å². The molecule has 0 amide bonds. The molecule has 0 saturated heterocycles. The molecule has 1 aromatic carbocycles. The number of methoxy groups -OCH3 is 1. The van der Waals surface area contributed by atoms with Gasteiger partial charge in [0.2, 0.25) is 0 Å². The van der Waals surface area contributed by atoms with Crippen LogP contribution in [0, 0.1) is 11.8 Å². The Hall–Kier alpha value is -0.690. The van der Waals surface area contributed by atoms with Gasteiger partial charge < -0.3 is 4.74 Å². The standard InChI is InChI=1S/C15H23ClO/c1-4-12(2)9-14(11-16)10-13-5-7-15(17-3)8-6-13/h5-8,12,14H,4,9-11H2,1-3H3. The number of alkyl halides is 1. The van der Waals surface area contributed by atoms with Crippen molar-refractivity contribution in [3.63, 3.8) is 0 Å². The minimum atomic E-state index is 0.583. The predicted octanol–water partition coefficient (Wildman–Crippen LogP) is 4.53. The second-order valence-corrected chi connectivity index (χ2v) is 5.13. The molecule has 0 fully saturated rings. The van der Waals surface area contributed by atoms with Gasteiger partial charge in [-0.3, -0.25) is 0 Å². The van der Waals surface area contributed by atoms with Crippen molar-refractivity contribution in [2.45, 2.75) is 33.1 Å². The van der Waals surface area contributed by atoms with Crippen molar-refractivity contribution in [3.05, 3.63) is 29.8 Å². The van der Waals surface area contributed by atoms with Gasteiger partial charge in [-0.2, -0.15) is 0 Å². The van der Waals surface area contributed by atoms with Crippen molar-refractivity contribution in [2.75, 3.05) is 13.0 Å². The third-order valence-electron chi connectivity index (χ3n) is 3.33. The van der Waals surface area contributed by atoms with Crippen LogP contribution < -0.4 is 4.74 Å². The largest absolute Gasteiger partial charge is 0.497 e. The fraction of sp³-hybridized carbons (Fsp3) is 0.600. The van der Waals surface area contributed by atoms with Crippen molar-refractivity contribution in [3.8, 4) is 5.75 Å². The van der Waals surface area contributed by atoms with E-state index in [1.165, 1.54) is 18.4 Å². The molecule has 0 heterocycles. The second-order valence-electron chi connectivity index (χ2n) is 4.82. The van der Waals surface area contributed by atoms with E-state index in [1.807, 2.05) is 12.1 Å². The maximum atomic E-state index is 6.05. The Morgan fingerprint density at radius 1 is 1.24 bits per heavy atom. The SMILES string of the molecule is CCC(C)CC(CCl)Cc1ccc(OC)cc1. The van der Waals surface area contributed by atoms with Crippen LogP contribution in [0.3, 0.4) is 0 Å². The molecule has 1 rings (SSSR count). The Balaban J connectivity index is 2.54. The highest BCUT2D eigenvalue weighted by Crippen LogP contribution is 2.22. The van der Waals surface area contributed by atoms with Crippen LogP contribution in [-0.4, -0.2) is 13.0 Å². The molecule has 0 N–H and O–H groups in total. The van der Waals surface area contributed by atoms with Gasteiger partial charge in [0, 0.05) is 5.88 Å². The molecule has 0 aliphatic heterocycles. The van der Waals surface area contributed by atoms with Crippen LogP contribution in [0.2, 0.25) is 0 Å². The number of ether oxygens (including phenoxy) is 1. The molecule has 96 valence electrons. The van der Waals surface area contributed by atoms with Gasteiger partial charge in [-0.25, -0.2) is 0 Å². The lowest BCUT2D eigenvalue weighted by Crippen LogP contribution is -2.11. The Kier molecular flexibility index (Phi) is 6.43. The average Bonchev–Trinajstić information content (AvgIpc) is 2.38. The summed E-state index contributed by atoms with van der Waals surface area (Å²) in [6.07, 6.45) is 3.51. The zero-order valence-electron chi connectivity index (χ0n) is 11.1. The first kappa shape index (κ1) is 14.4. The van der Waals surface area contributed by atoms with E-state index in [-0.39, 0.29) is 0 Å². The van der Waals surface area contributed by atoms with Crippen molar-refractivity contribution >= 4 is 11.6 Å². The lowest BCUT2D eigenvalue weighted by Gasteiger charge is -2.18. The molecule has 0 saturated carbocycles. The summed E-state index contributed by atoms with van der Waals surface area (Å²) in [4.78, 5) is 0. The molecule has 0 bridgehead atoms. The lowest BCUT2D eigenvalue weighted by molar-refractivity contribution is 0.405. The molecule has 1 aromatic rings. The smallest absolute Gasteiger partial charge is 0.118 e. The maximum absolute atomic E-state index is 6.05. The second kappa shape index (κ2) is 7.60. The monoisotopic (exact) mass is 254 g/mol. The van der Waals surface area contributed by atoms with E-state index in [1.54, 1.807) is 7.11 Å². The lowest BCUT2D eigenvalue weighted by atomic mass is 9.90. The molecule has 0 radical (unpaired) electrons. The molecule has 0 aliphatic rings. The quantitative estimate of drug-likeness (QED) is 0.650. The summed E-state index contributed by atoms with van der Waals surface area (Å²) < 4.78 is 5.16. The summed E-state index contributed by atoms with van der Waals surface area (Å²) >= 11 is 6.05. The summed E-state index contributed by atoms with van der Waals surface area (Å²) in [6, 6.07) is 8.30. The van der Waals surface area contributed by atoms with Gasteiger partial charge in [-0.15, -0.1) is 11.6 Å². The van der Waals surface area contributed by atoms with E-state index >= 15 is 0 Å². The fourth-order valence-electron chi connectivity index (χ4n) is 2.03. The third kappa shape index (κ3) is 4.99. The first-order chi connectivity index (χ1) is 8.19. The number of hydrogen-bond donors (Lipinski definition) is 0. The van der Waals surface area contributed by atoms with Crippen LogP contribution in [0.15, 0.2) is 24.3 Å². The fourth-order valence-corrected chi connectivity index (χ4v) is 2.27. The minimum absolute atomic E-state index is 0.583. The Bertz CT molecular complexity index is 307. The van der Waals surface area contributed by atoms with E-state index in [2.05, 4.69) is 26.0 Å². The van der Waals surface area contributed by atoms with Crippen LogP contribution in [0.1, 0.15) is 32.3 Å². The number of halogens is 1. The van der Waals surface area contributed by atoms with Gasteiger partial charge in [-0.1, -0.05) is 32.4 Å². The van der Waals surface area contributed by atoms with Gasteiger partial charge in [0.1, 0.15) is 5.75 Å². The highest BCUT2D eigenvalue weighted by molar-refractivity contribution is 6.18. The van der Waals surface area contributed by atoms with Crippen LogP contribution in [0.5, 0.6) is 5.75 Å². The van der Waals surface area contributed by atoms with E-state index < -0.39 is 0 Å². The summed E-state index contributed by atoms with van der Waals surface area (Å²) in [5.41, 5.74) is 1.35. The summed E-state index contributed by atoms with van der Waals surface area (Å²) in [5, 5.41) is 0. The number of benzene rings is 1. The third-order valence-corrected chi connectivity index (χ3v) is 3.77. The minimum Gasteiger partial charge on any atom is -0.497 e. The number of hydrogen-bond acceptors (Lipinski definition) is 1. The first-order valence-corrected chi connectivity index (χ1v) is 6.91. The number of rotatable bonds is 7. The normalized spacial score (nSPS) is 14.4. The molecule has 0 aromatic heterocycles. The Morgan fingerprint density at radius 3 is 2.35 bits per heavy atom. The van der Waals surface area contributed by atoms with E-state index in [4.69, 9.17) is 16.3 Å². The van der Waals surface area contributed by atoms with Crippen LogP contribution in [0.4, 0.5) is 0 Å². The molecule has 17 heavy (non-hydrogen) atoms. The van der Waals surface area contributed by atoms with Crippen molar-refractivity contribution < 1.29 is 4.74 Å². The molecule has 0 spiro atoms. The molecule has 0 aliphatic carbocycles. The Morgan fingerprint density at radius 2 is 1.88 bits per heavy atom. The van der Waals surface area contributed by atoms with Crippen LogP contribution in [0.25, 0.3) is 0 Å². The molecular formula is C15H23ClO. The predicted molar refractivity (Wildman–Crippen MR) is 75.0 cm³/mol. The van der Waals surface area contributed by atoms with Crippen molar-refractivity contribution in [1.82, 2.24) is 0 Å². The molecule has 2 unspecified atom stereocenters. The summed E-state index contributed by atoms with van der Waals surface area (Å²) in [6.45, 7) is 4.54. The molecule has 2 heteroatoms. The van der Waals surface area contributed by atoms with Crippen molar-refractivity contribution in [2.24, 2.45) is 11.8 Å². The van der Waals surface area contributed by atoms with E-state index in [0.29, 0.717) is 5.92 Å². The molecule has 1 nitrogen and oxygen atoms in total. The Labute approximate surface area is 110 Å².